The first-order valence-corrected chi connectivity index (χ1v) is 3.90. The van der Waals surface area contributed by atoms with E-state index >= 15 is 0 Å². The first-order valence-electron chi connectivity index (χ1n) is 3.90. The number of aliphatic imine (C=N–C) groups is 2. The van der Waals surface area contributed by atoms with E-state index in [2.05, 4.69) is 30.4 Å². The number of rotatable bonds is 5. The molecule has 0 aliphatic rings. The van der Waals surface area contributed by atoms with Crippen LogP contribution in [0.4, 0.5) is 0 Å². The zero-order chi connectivity index (χ0) is 8.53. The molecule has 0 N–H and O–H groups in total. The van der Waals surface area contributed by atoms with Crippen molar-refractivity contribution in [3.05, 3.63) is 12.7 Å². The van der Waals surface area contributed by atoms with Gasteiger partial charge in [-0.3, -0.25) is 4.99 Å². The molecule has 2 heteroatoms. The summed E-state index contributed by atoms with van der Waals surface area (Å²) in [7, 11) is 0. The second-order valence-corrected chi connectivity index (χ2v) is 2.74. The topological polar surface area (TPSA) is 24.7 Å². The standard InChI is InChI=1S/C9H16N2/c1-4-6-10-8-11-7-5-9(2)3/h4,6,8-9H,1,5,7H2,2-3H3. The van der Waals surface area contributed by atoms with Gasteiger partial charge in [0.15, 0.2) is 0 Å². The maximum absolute atomic E-state index is 4.08. The second-order valence-electron chi connectivity index (χ2n) is 2.74. The van der Waals surface area contributed by atoms with E-state index in [4.69, 9.17) is 0 Å². The minimum Gasteiger partial charge on any atom is -0.274 e. The van der Waals surface area contributed by atoms with Crippen molar-refractivity contribution in [1.29, 1.82) is 0 Å². The lowest BCUT2D eigenvalue weighted by Crippen LogP contribution is -1.89. The molecular formula is C9H16N2. The molecule has 0 saturated carbocycles. The number of nitrogens with zero attached hydrogens (tertiary/aromatic N) is 2. The molecule has 0 aliphatic carbocycles. The summed E-state index contributed by atoms with van der Waals surface area (Å²) in [6.45, 7) is 8.73. The molecule has 62 valence electrons. The summed E-state index contributed by atoms with van der Waals surface area (Å²) in [6, 6.07) is 0. The van der Waals surface area contributed by atoms with Gasteiger partial charge in [-0.2, -0.15) is 0 Å². The molecule has 0 spiro atoms. The Morgan fingerprint density at radius 2 is 2.18 bits per heavy atom. The predicted octanol–water partition coefficient (Wildman–Crippen LogP) is 2.32. The lowest BCUT2D eigenvalue weighted by Gasteiger charge is -1.97. The molecule has 0 aromatic rings. The van der Waals surface area contributed by atoms with Crippen LogP contribution in [0.2, 0.25) is 0 Å². The Hall–Kier alpha value is -0.920. The van der Waals surface area contributed by atoms with Gasteiger partial charge in [0, 0.05) is 12.8 Å². The number of hydrogen-bond donors (Lipinski definition) is 0. The van der Waals surface area contributed by atoms with E-state index < -0.39 is 0 Å². The molecular weight excluding hydrogens is 136 g/mol. The minimum atomic E-state index is 0.718. The summed E-state index contributed by atoms with van der Waals surface area (Å²) >= 11 is 0. The zero-order valence-corrected chi connectivity index (χ0v) is 7.33. The molecule has 0 aromatic heterocycles. The molecule has 0 unspecified atom stereocenters. The Bertz CT molecular complexity index is 146. The van der Waals surface area contributed by atoms with Gasteiger partial charge in [-0.05, 0) is 12.3 Å². The maximum atomic E-state index is 4.08. The summed E-state index contributed by atoms with van der Waals surface area (Å²) in [6.07, 6.45) is 5.96. The number of hydrogen-bond acceptors (Lipinski definition) is 1. The third-order valence-corrected chi connectivity index (χ3v) is 1.18. The van der Waals surface area contributed by atoms with Gasteiger partial charge in [-0.25, -0.2) is 4.99 Å². The van der Waals surface area contributed by atoms with Crippen LogP contribution >= 0.6 is 0 Å². The van der Waals surface area contributed by atoms with Crippen LogP contribution in [0.1, 0.15) is 20.3 Å². The Morgan fingerprint density at radius 3 is 2.73 bits per heavy atom. The molecule has 0 rings (SSSR count). The second kappa shape index (κ2) is 7.19. The van der Waals surface area contributed by atoms with E-state index in [1.807, 2.05) is 0 Å². The minimum absolute atomic E-state index is 0.718. The van der Waals surface area contributed by atoms with Gasteiger partial charge in [0.05, 0.1) is 0 Å². The summed E-state index contributed by atoms with van der Waals surface area (Å²) in [5.74, 6) is 0.718. The molecule has 0 radical (unpaired) electrons. The van der Waals surface area contributed by atoms with Crippen molar-refractivity contribution < 1.29 is 0 Å². The van der Waals surface area contributed by atoms with Gasteiger partial charge < -0.3 is 0 Å². The maximum Gasteiger partial charge on any atom is 0.109 e. The SMILES string of the molecule is C=CC=NC=NCCC(C)C. The van der Waals surface area contributed by atoms with Crippen molar-refractivity contribution >= 4 is 12.6 Å². The molecule has 0 aliphatic heterocycles. The number of allylic oxidation sites excluding steroid dienone is 1. The third kappa shape index (κ3) is 9.08. The molecule has 2 nitrogen and oxygen atoms in total. The first-order chi connectivity index (χ1) is 5.27. The average Bonchev–Trinajstić information content (AvgIpc) is 1.96. The summed E-state index contributed by atoms with van der Waals surface area (Å²) in [4.78, 5) is 7.93. The molecule has 0 bridgehead atoms. The van der Waals surface area contributed by atoms with Crippen LogP contribution in [0.3, 0.4) is 0 Å². The summed E-state index contributed by atoms with van der Waals surface area (Å²) < 4.78 is 0. The normalized spacial score (nSPS) is 11.9. The fraction of sp³-hybridized carbons (Fsp3) is 0.556. The van der Waals surface area contributed by atoms with Crippen LogP contribution in [0.25, 0.3) is 0 Å². The van der Waals surface area contributed by atoms with E-state index in [9.17, 15) is 0 Å². The third-order valence-electron chi connectivity index (χ3n) is 1.18. The fourth-order valence-electron chi connectivity index (χ4n) is 0.537. The lowest BCUT2D eigenvalue weighted by atomic mass is 10.1. The van der Waals surface area contributed by atoms with Crippen LogP contribution in [-0.2, 0) is 0 Å². The Kier molecular flexibility index (Phi) is 6.59. The zero-order valence-electron chi connectivity index (χ0n) is 7.33. The highest BCUT2D eigenvalue weighted by Gasteiger charge is 1.88. The highest BCUT2D eigenvalue weighted by atomic mass is 14.8. The van der Waals surface area contributed by atoms with Crippen LogP contribution in [0, 0.1) is 5.92 Å². The van der Waals surface area contributed by atoms with Crippen molar-refractivity contribution in [3.63, 3.8) is 0 Å². The van der Waals surface area contributed by atoms with Crippen molar-refractivity contribution in [3.8, 4) is 0 Å². The van der Waals surface area contributed by atoms with Crippen molar-refractivity contribution in [2.24, 2.45) is 15.9 Å². The van der Waals surface area contributed by atoms with Crippen LogP contribution in [-0.4, -0.2) is 19.1 Å². The smallest absolute Gasteiger partial charge is 0.109 e. The lowest BCUT2D eigenvalue weighted by molar-refractivity contribution is 0.597. The van der Waals surface area contributed by atoms with Gasteiger partial charge in [-0.1, -0.05) is 26.5 Å². The molecule has 0 aromatic carbocycles. The highest BCUT2D eigenvalue weighted by molar-refractivity contribution is 5.79. The highest BCUT2D eigenvalue weighted by Crippen LogP contribution is 1.97. The van der Waals surface area contributed by atoms with E-state index in [0.29, 0.717) is 0 Å². The van der Waals surface area contributed by atoms with Crippen LogP contribution in [0.5, 0.6) is 0 Å². The monoisotopic (exact) mass is 152 g/mol. The van der Waals surface area contributed by atoms with E-state index in [1.165, 1.54) is 0 Å². The molecule has 0 saturated heterocycles. The van der Waals surface area contributed by atoms with Gasteiger partial charge in [-0.15, -0.1) is 0 Å². The molecule has 0 amide bonds. The fourth-order valence-corrected chi connectivity index (χ4v) is 0.537. The molecule has 0 fully saturated rings. The van der Waals surface area contributed by atoms with Crippen LogP contribution < -0.4 is 0 Å². The van der Waals surface area contributed by atoms with E-state index in [0.717, 1.165) is 18.9 Å². The Labute approximate surface area is 68.8 Å². The predicted molar refractivity (Wildman–Crippen MR) is 51.5 cm³/mol. The Morgan fingerprint density at radius 1 is 1.45 bits per heavy atom. The van der Waals surface area contributed by atoms with Crippen molar-refractivity contribution in [2.75, 3.05) is 6.54 Å². The van der Waals surface area contributed by atoms with E-state index in [-0.39, 0.29) is 0 Å². The summed E-state index contributed by atoms with van der Waals surface area (Å²) in [5.41, 5.74) is 0. The van der Waals surface area contributed by atoms with Crippen LogP contribution in [0.15, 0.2) is 22.6 Å². The van der Waals surface area contributed by atoms with Gasteiger partial charge in [0.2, 0.25) is 0 Å². The molecule has 0 atom stereocenters. The first kappa shape index (κ1) is 10.1. The largest absolute Gasteiger partial charge is 0.274 e. The molecule has 11 heavy (non-hydrogen) atoms. The average molecular weight is 152 g/mol. The van der Waals surface area contributed by atoms with E-state index in [1.54, 1.807) is 18.6 Å². The summed E-state index contributed by atoms with van der Waals surface area (Å²) in [5, 5.41) is 0. The quantitative estimate of drug-likeness (QED) is 0.426. The van der Waals surface area contributed by atoms with Gasteiger partial charge in [0.25, 0.3) is 0 Å². The van der Waals surface area contributed by atoms with Crippen molar-refractivity contribution in [2.45, 2.75) is 20.3 Å². The van der Waals surface area contributed by atoms with Crippen molar-refractivity contribution in [1.82, 2.24) is 0 Å². The van der Waals surface area contributed by atoms with Gasteiger partial charge in [0.1, 0.15) is 6.34 Å². The molecule has 0 heterocycles. The van der Waals surface area contributed by atoms with Gasteiger partial charge >= 0.3 is 0 Å². The Balaban J connectivity index is 3.30.